The van der Waals surface area contributed by atoms with Crippen molar-refractivity contribution in [2.75, 3.05) is 13.2 Å². The number of benzene rings is 2. The minimum atomic E-state index is -4.06. The van der Waals surface area contributed by atoms with Crippen molar-refractivity contribution in [1.82, 2.24) is 9.29 Å². The summed E-state index contributed by atoms with van der Waals surface area (Å²) in [5.74, 6) is -1.30. The first-order valence-electron chi connectivity index (χ1n) is 9.38. The molecule has 0 amide bonds. The Kier molecular flexibility index (Phi) is 5.42. The predicted molar refractivity (Wildman–Crippen MR) is 108 cm³/mol. The molecule has 2 N–H and O–H groups in total. The van der Waals surface area contributed by atoms with E-state index in [0.29, 0.717) is 0 Å². The van der Waals surface area contributed by atoms with E-state index in [0.717, 1.165) is 15.1 Å². The van der Waals surface area contributed by atoms with Gasteiger partial charge in [0.05, 0.1) is 16.7 Å². The van der Waals surface area contributed by atoms with E-state index in [2.05, 4.69) is 4.98 Å². The van der Waals surface area contributed by atoms with E-state index in [-0.39, 0.29) is 23.6 Å². The molecule has 30 heavy (non-hydrogen) atoms. The number of ether oxygens (including phenoxy) is 1. The molecule has 2 unspecified atom stereocenters. The van der Waals surface area contributed by atoms with Crippen molar-refractivity contribution in [3.63, 3.8) is 0 Å². The Morgan fingerprint density at radius 3 is 2.60 bits per heavy atom. The van der Waals surface area contributed by atoms with Gasteiger partial charge in [0.25, 0.3) is 0 Å². The summed E-state index contributed by atoms with van der Waals surface area (Å²) in [7, 11) is -4.06. The van der Waals surface area contributed by atoms with Gasteiger partial charge in [-0.15, -0.1) is 0 Å². The number of Topliss-reactive ketones (excluding diaryl/α,β-unsaturated/α-hetero) is 1. The molecular weight excluding hydrogens is 408 g/mol. The summed E-state index contributed by atoms with van der Waals surface area (Å²) in [6.07, 6.45) is 0.472. The van der Waals surface area contributed by atoms with E-state index in [9.17, 15) is 23.1 Å². The number of aromatic amines is 1. The molecule has 4 rings (SSSR count). The van der Waals surface area contributed by atoms with Crippen LogP contribution in [-0.4, -0.2) is 59.9 Å². The largest absolute Gasteiger partial charge is 0.456 e. The molecule has 1 fully saturated rings. The second-order valence-electron chi connectivity index (χ2n) is 7.10. The molecule has 1 aliphatic rings. The van der Waals surface area contributed by atoms with Gasteiger partial charge in [-0.2, -0.15) is 4.31 Å². The Morgan fingerprint density at radius 2 is 1.87 bits per heavy atom. The molecule has 9 heteroatoms. The number of carbonyl (C=O) groups excluding carboxylic acids is 2. The Bertz CT molecular complexity index is 1190. The molecule has 2 aromatic carbocycles. The van der Waals surface area contributed by atoms with Crippen LogP contribution >= 0.6 is 0 Å². The highest BCUT2D eigenvalue weighted by Crippen LogP contribution is 2.29. The second-order valence-corrected chi connectivity index (χ2v) is 8.99. The van der Waals surface area contributed by atoms with Crippen molar-refractivity contribution in [2.24, 2.45) is 0 Å². The fourth-order valence-electron chi connectivity index (χ4n) is 3.54. The molecule has 0 radical (unpaired) electrons. The number of fused-ring (bicyclic) bond motifs is 1. The third-order valence-corrected chi connectivity index (χ3v) is 6.95. The second kappa shape index (κ2) is 8.02. The molecule has 1 aliphatic heterocycles. The number of aromatic nitrogens is 1. The van der Waals surface area contributed by atoms with Crippen molar-refractivity contribution < 1.29 is 27.9 Å². The van der Waals surface area contributed by atoms with Crippen LogP contribution in [-0.2, 0) is 19.6 Å². The summed E-state index contributed by atoms with van der Waals surface area (Å²) in [5.41, 5.74) is 0.287. The number of aliphatic hydroxyl groups is 1. The van der Waals surface area contributed by atoms with Crippen LogP contribution in [0.25, 0.3) is 10.8 Å². The number of aliphatic hydroxyl groups excluding tert-OH is 1. The molecule has 0 aliphatic carbocycles. The molecule has 3 aromatic rings. The highest BCUT2D eigenvalue weighted by Gasteiger charge is 2.44. The standard InChI is InChI=1S/C21H20N2O6S/c24-16-11-19(21(26)29-13-20(25)18-6-3-9-22-18)23(12-16)30(27,28)17-8-7-14-4-1-2-5-15(14)10-17/h1-10,16,19,22,24H,11-13H2. The van der Waals surface area contributed by atoms with E-state index in [1.807, 2.05) is 12.1 Å². The third kappa shape index (κ3) is 3.87. The minimum Gasteiger partial charge on any atom is -0.456 e. The normalized spacial score (nSPS) is 19.8. The fraction of sp³-hybridized carbons (Fsp3) is 0.238. The first-order valence-corrected chi connectivity index (χ1v) is 10.8. The van der Waals surface area contributed by atoms with Gasteiger partial charge in [-0.05, 0) is 35.0 Å². The maximum atomic E-state index is 13.2. The number of hydrogen-bond acceptors (Lipinski definition) is 6. The van der Waals surface area contributed by atoms with E-state index in [1.165, 1.54) is 12.1 Å². The van der Waals surface area contributed by atoms with E-state index in [4.69, 9.17) is 4.74 Å². The maximum absolute atomic E-state index is 13.2. The summed E-state index contributed by atoms with van der Waals surface area (Å²) < 4.78 is 32.4. The zero-order chi connectivity index (χ0) is 21.3. The highest BCUT2D eigenvalue weighted by atomic mass is 32.2. The monoisotopic (exact) mass is 428 g/mol. The molecule has 8 nitrogen and oxygen atoms in total. The Hall–Kier alpha value is -3.01. The molecule has 2 heterocycles. The van der Waals surface area contributed by atoms with Crippen LogP contribution in [0, 0.1) is 0 Å². The third-order valence-electron chi connectivity index (χ3n) is 5.08. The molecule has 156 valence electrons. The van der Waals surface area contributed by atoms with Gasteiger partial charge in [0.1, 0.15) is 6.04 Å². The van der Waals surface area contributed by atoms with Crippen molar-refractivity contribution in [3.8, 4) is 0 Å². The van der Waals surface area contributed by atoms with Gasteiger partial charge >= 0.3 is 5.97 Å². The number of nitrogens with zero attached hydrogens (tertiary/aromatic N) is 1. The fourth-order valence-corrected chi connectivity index (χ4v) is 5.20. The van der Waals surface area contributed by atoms with Gasteiger partial charge in [0.15, 0.2) is 6.61 Å². The number of ketones is 1. The van der Waals surface area contributed by atoms with Crippen LogP contribution in [0.1, 0.15) is 16.9 Å². The lowest BCUT2D eigenvalue weighted by atomic mass is 10.1. The smallest absolute Gasteiger partial charge is 0.325 e. The molecule has 2 atom stereocenters. The minimum absolute atomic E-state index is 0.0237. The molecule has 1 aromatic heterocycles. The van der Waals surface area contributed by atoms with Crippen LogP contribution in [0.5, 0.6) is 0 Å². The van der Waals surface area contributed by atoms with E-state index >= 15 is 0 Å². The van der Waals surface area contributed by atoms with Gasteiger partial charge in [0.2, 0.25) is 15.8 Å². The van der Waals surface area contributed by atoms with Crippen molar-refractivity contribution in [2.45, 2.75) is 23.5 Å². The number of carbonyl (C=O) groups is 2. The van der Waals surface area contributed by atoms with Crippen molar-refractivity contribution in [1.29, 1.82) is 0 Å². The number of nitrogens with one attached hydrogen (secondary N) is 1. The lowest BCUT2D eigenvalue weighted by Gasteiger charge is -2.22. The highest BCUT2D eigenvalue weighted by molar-refractivity contribution is 7.89. The van der Waals surface area contributed by atoms with Gasteiger partial charge in [-0.25, -0.2) is 8.42 Å². The Morgan fingerprint density at radius 1 is 1.10 bits per heavy atom. The van der Waals surface area contributed by atoms with Crippen LogP contribution < -0.4 is 0 Å². The van der Waals surface area contributed by atoms with Gasteiger partial charge in [0, 0.05) is 19.2 Å². The van der Waals surface area contributed by atoms with Crippen LogP contribution in [0.2, 0.25) is 0 Å². The van der Waals surface area contributed by atoms with Crippen molar-refractivity contribution >= 4 is 32.5 Å². The Labute approximate surface area is 173 Å². The SMILES string of the molecule is O=C(COC(=O)C1CC(O)CN1S(=O)(=O)c1ccc2ccccc2c1)c1ccc[nH]1. The molecule has 0 saturated carbocycles. The average molecular weight is 428 g/mol. The molecule has 0 spiro atoms. The van der Waals surface area contributed by atoms with Crippen LogP contribution in [0.4, 0.5) is 0 Å². The van der Waals surface area contributed by atoms with Crippen LogP contribution in [0.15, 0.2) is 65.7 Å². The summed E-state index contributed by atoms with van der Waals surface area (Å²) in [6.45, 7) is -0.741. The van der Waals surface area contributed by atoms with Gasteiger partial charge < -0.3 is 14.8 Å². The lowest BCUT2D eigenvalue weighted by Crippen LogP contribution is -2.41. The summed E-state index contributed by atoms with van der Waals surface area (Å²) >= 11 is 0. The first-order chi connectivity index (χ1) is 14.4. The maximum Gasteiger partial charge on any atom is 0.325 e. The summed E-state index contributed by atoms with van der Waals surface area (Å²) in [5, 5.41) is 11.7. The quantitative estimate of drug-likeness (QED) is 0.456. The van der Waals surface area contributed by atoms with Gasteiger partial charge in [-0.3, -0.25) is 9.59 Å². The first kappa shape index (κ1) is 20.3. The number of esters is 1. The molecular formula is C21H20N2O6S. The van der Waals surface area contributed by atoms with Crippen LogP contribution in [0.3, 0.4) is 0 Å². The topological polar surface area (TPSA) is 117 Å². The van der Waals surface area contributed by atoms with Gasteiger partial charge in [-0.1, -0.05) is 30.3 Å². The number of H-pyrrole nitrogens is 1. The molecule has 1 saturated heterocycles. The Balaban J connectivity index is 1.54. The number of rotatable bonds is 6. The average Bonchev–Trinajstić information content (AvgIpc) is 3.41. The van der Waals surface area contributed by atoms with Crippen molar-refractivity contribution in [3.05, 3.63) is 66.5 Å². The summed E-state index contributed by atoms with van der Waals surface area (Å²) in [4.78, 5) is 27.3. The lowest BCUT2D eigenvalue weighted by molar-refractivity contribution is -0.146. The molecule has 0 bridgehead atoms. The van der Waals surface area contributed by atoms with E-state index in [1.54, 1.807) is 36.5 Å². The number of hydrogen-bond donors (Lipinski definition) is 2. The predicted octanol–water partition coefficient (Wildman–Crippen LogP) is 1.72. The van der Waals surface area contributed by atoms with E-state index < -0.39 is 40.5 Å². The zero-order valence-corrected chi connectivity index (χ0v) is 16.7. The number of sulfonamides is 1. The number of β-amino-alcohol motifs (C(OH)–C–C–N with tert-alkyl or cyclic N) is 1. The summed E-state index contributed by atoms with van der Waals surface area (Å²) in [6, 6.07) is 14.0. The zero-order valence-electron chi connectivity index (χ0n) is 15.9.